The maximum absolute atomic E-state index is 12.2. The summed E-state index contributed by atoms with van der Waals surface area (Å²) < 4.78 is 0.869. The van der Waals surface area contributed by atoms with Crippen molar-refractivity contribution in [1.82, 2.24) is 5.32 Å². The van der Waals surface area contributed by atoms with E-state index < -0.39 is 0 Å². The zero-order valence-electron chi connectivity index (χ0n) is 11.7. The molecule has 1 amide bonds. The van der Waals surface area contributed by atoms with E-state index in [4.69, 9.17) is 0 Å². The van der Waals surface area contributed by atoms with Crippen molar-refractivity contribution in [1.29, 1.82) is 0 Å². The Bertz CT molecular complexity index is 622. The molecule has 0 spiro atoms. The zero-order chi connectivity index (χ0) is 14.5. The molecule has 2 aromatic rings. The molecule has 2 aromatic carbocycles. The highest BCUT2D eigenvalue weighted by atomic mass is 79.9. The molecule has 0 aliphatic rings. The second-order valence-electron chi connectivity index (χ2n) is 4.87. The highest BCUT2D eigenvalue weighted by Gasteiger charge is 2.10. The molecular weight excluding hydrogens is 314 g/mol. The Balaban J connectivity index is 1.96. The summed E-state index contributed by atoms with van der Waals surface area (Å²) in [6.45, 7) is 4.71. The van der Waals surface area contributed by atoms with Gasteiger partial charge in [-0.25, -0.2) is 0 Å². The standard InChI is InChI=1S/C17H18BrNO/c1-12-6-3-4-8-14(12)10-11-19-17(20)15-9-5-7-13(2)16(15)18/h3-9H,10-11H2,1-2H3,(H,19,20). The van der Waals surface area contributed by atoms with E-state index in [0.717, 1.165) is 16.5 Å². The maximum atomic E-state index is 12.2. The smallest absolute Gasteiger partial charge is 0.252 e. The van der Waals surface area contributed by atoms with E-state index in [9.17, 15) is 4.79 Å². The lowest BCUT2D eigenvalue weighted by Crippen LogP contribution is -2.26. The Morgan fingerprint density at radius 3 is 2.50 bits per heavy atom. The number of benzene rings is 2. The van der Waals surface area contributed by atoms with Gasteiger partial charge in [0.2, 0.25) is 0 Å². The van der Waals surface area contributed by atoms with Crippen LogP contribution >= 0.6 is 15.9 Å². The summed E-state index contributed by atoms with van der Waals surface area (Å²) in [5, 5.41) is 2.97. The molecule has 0 radical (unpaired) electrons. The largest absolute Gasteiger partial charge is 0.352 e. The van der Waals surface area contributed by atoms with Crippen molar-refractivity contribution in [2.24, 2.45) is 0 Å². The summed E-state index contributed by atoms with van der Waals surface area (Å²) in [4.78, 5) is 12.2. The van der Waals surface area contributed by atoms with Gasteiger partial charge in [-0.3, -0.25) is 4.79 Å². The number of amides is 1. The Labute approximate surface area is 128 Å². The molecule has 0 atom stereocenters. The van der Waals surface area contributed by atoms with Gasteiger partial charge in [0.05, 0.1) is 5.56 Å². The van der Waals surface area contributed by atoms with E-state index in [0.29, 0.717) is 12.1 Å². The van der Waals surface area contributed by atoms with Gasteiger partial charge in [-0.05, 0) is 59.0 Å². The fourth-order valence-electron chi connectivity index (χ4n) is 2.12. The topological polar surface area (TPSA) is 29.1 Å². The summed E-state index contributed by atoms with van der Waals surface area (Å²) in [5.74, 6) is -0.0332. The molecule has 0 unspecified atom stereocenters. The van der Waals surface area contributed by atoms with Crippen LogP contribution in [0.3, 0.4) is 0 Å². The van der Waals surface area contributed by atoms with Crippen LogP contribution in [0.1, 0.15) is 27.0 Å². The summed E-state index contributed by atoms with van der Waals surface area (Å²) in [6, 6.07) is 14.0. The van der Waals surface area contributed by atoms with Crippen molar-refractivity contribution >= 4 is 21.8 Å². The summed E-state index contributed by atoms with van der Waals surface area (Å²) in [6.07, 6.45) is 0.849. The van der Waals surface area contributed by atoms with E-state index in [1.54, 1.807) is 0 Å². The van der Waals surface area contributed by atoms with Crippen LogP contribution in [0, 0.1) is 13.8 Å². The van der Waals surface area contributed by atoms with Crippen LogP contribution in [-0.2, 0) is 6.42 Å². The van der Waals surface area contributed by atoms with Gasteiger partial charge in [-0.1, -0.05) is 36.4 Å². The molecule has 2 nitrogen and oxygen atoms in total. The van der Waals surface area contributed by atoms with Crippen molar-refractivity contribution < 1.29 is 4.79 Å². The van der Waals surface area contributed by atoms with Crippen molar-refractivity contribution in [2.45, 2.75) is 20.3 Å². The van der Waals surface area contributed by atoms with Gasteiger partial charge in [0.15, 0.2) is 0 Å². The number of hydrogen-bond donors (Lipinski definition) is 1. The van der Waals surface area contributed by atoms with Crippen LogP contribution in [0.15, 0.2) is 46.9 Å². The first-order chi connectivity index (χ1) is 9.59. The average Bonchev–Trinajstić information content (AvgIpc) is 2.44. The maximum Gasteiger partial charge on any atom is 0.252 e. The number of hydrogen-bond acceptors (Lipinski definition) is 1. The summed E-state index contributed by atoms with van der Waals surface area (Å²) in [5.41, 5.74) is 4.29. The minimum absolute atomic E-state index is 0.0332. The molecule has 20 heavy (non-hydrogen) atoms. The van der Waals surface area contributed by atoms with Crippen molar-refractivity contribution in [3.8, 4) is 0 Å². The van der Waals surface area contributed by atoms with Crippen molar-refractivity contribution in [2.75, 3.05) is 6.54 Å². The van der Waals surface area contributed by atoms with Gasteiger partial charge in [0.25, 0.3) is 5.91 Å². The first-order valence-corrected chi connectivity index (χ1v) is 7.46. The van der Waals surface area contributed by atoms with Crippen LogP contribution in [0.25, 0.3) is 0 Å². The number of carbonyl (C=O) groups excluding carboxylic acids is 1. The van der Waals surface area contributed by atoms with E-state index >= 15 is 0 Å². The summed E-state index contributed by atoms with van der Waals surface area (Å²) in [7, 11) is 0. The first-order valence-electron chi connectivity index (χ1n) is 6.67. The van der Waals surface area contributed by atoms with E-state index in [2.05, 4.69) is 40.3 Å². The minimum atomic E-state index is -0.0332. The lowest BCUT2D eigenvalue weighted by Gasteiger charge is -2.09. The minimum Gasteiger partial charge on any atom is -0.352 e. The summed E-state index contributed by atoms with van der Waals surface area (Å²) >= 11 is 3.47. The van der Waals surface area contributed by atoms with Gasteiger partial charge in [0, 0.05) is 11.0 Å². The number of nitrogens with one attached hydrogen (secondary N) is 1. The average molecular weight is 332 g/mol. The van der Waals surface area contributed by atoms with Crippen LogP contribution in [0.5, 0.6) is 0 Å². The highest BCUT2D eigenvalue weighted by molar-refractivity contribution is 9.10. The van der Waals surface area contributed by atoms with Gasteiger partial charge in [-0.15, -0.1) is 0 Å². The third-order valence-corrected chi connectivity index (χ3v) is 4.43. The van der Waals surface area contributed by atoms with Crippen LogP contribution < -0.4 is 5.32 Å². The third-order valence-electron chi connectivity index (χ3n) is 3.38. The second kappa shape index (κ2) is 6.71. The molecule has 0 heterocycles. The molecule has 0 saturated heterocycles. The van der Waals surface area contributed by atoms with Crippen LogP contribution in [0.4, 0.5) is 0 Å². The predicted octanol–water partition coefficient (Wildman–Crippen LogP) is 4.04. The predicted molar refractivity (Wildman–Crippen MR) is 86.1 cm³/mol. The SMILES string of the molecule is Cc1ccccc1CCNC(=O)c1cccc(C)c1Br. The number of rotatable bonds is 4. The highest BCUT2D eigenvalue weighted by Crippen LogP contribution is 2.20. The van der Waals surface area contributed by atoms with Gasteiger partial charge < -0.3 is 5.32 Å². The molecule has 0 bridgehead atoms. The van der Waals surface area contributed by atoms with E-state index in [-0.39, 0.29) is 5.91 Å². The molecule has 2 rings (SSSR count). The molecule has 104 valence electrons. The Kier molecular flexibility index (Phi) is 4.96. The second-order valence-corrected chi connectivity index (χ2v) is 5.66. The lowest BCUT2D eigenvalue weighted by molar-refractivity contribution is 0.0953. The molecule has 0 aromatic heterocycles. The Morgan fingerprint density at radius 1 is 1.05 bits per heavy atom. The van der Waals surface area contributed by atoms with Crippen LogP contribution in [-0.4, -0.2) is 12.5 Å². The van der Waals surface area contributed by atoms with E-state index in [1.807, 2.05) is 37.3 Å². The molecular formula is C17H18BrNO. The molecule has 0 aliphatic carbocycles. The molecule has 0 saturated carbocycles. The monoisotopic (exact) mass is 331 g/mol. The number of halogens is 1. The molecule has 1 N–H and O–H groups in total. The quantitative estimate of drug-likeness (QED) is 0.900. The fraction of sp³-hybridized carbons (Fsp3) is 0.235. The first kappa shape index (κ1) is 14.8. The van der Waals surface area contributed by atoms with Gasteiger partial charge in [0.1, 0.15) is 0 Å². The molecule has 3 heteroatoms. The Morgan fingerprint density at radius 2 is 1.75 bits per heavy atom. The van der Waals surface area contributed by atoms with E-state index in [1.165, 1.54) is 11.1 Å². The fourth-order valence-corrected chi connectivity index (χ4v) is 2.56. The zero-order valence-corrected chi connectivity index (χ0v) is 13.3. The normalized spacial score (nSPS) is 10.3. The van der Waals surface area contributed by atoms with Gasteiger partial charge in [-0.2, -0.15) is 0 Å². The van der Waals surface area contributed by atoms with Gasteiger partial charge >= 0.3 is 0 Å². The molecule has 0 aliphatic heterocycles. The number of carbonyl (C=O) groups is 1. The third kappa shape index (κ3) is 3.48. The number of aryl methyl sites for hydroxylation is 2. The molecule has 0 fully saturated rings. The lowest BCUT2D eigenvalue weighted by atomic mass is 10.1. The van der Waals surface area contributed by atoms with Crippen LogP contribution in [0.2, 0.25) is 0 Å². The van der Waals surface area contributed by atoms with Crippen molar-refractivity contribution in [3.05, 3.63) is 69.2 Å². The Hall–Kier alpha value is -1.61. The van der Waals surface area contributed by atoms with Crippen molar-refractivity contribution in [3.63, 3.8) is 0 Å².